The van der Waals surface area contributed by atoms with E-state index in [-0.39, 0.29) is 25.0 Å². The Labute approximate surface area is 188 Å². The van der Waals surface area contributed by atoms with Crippen LogP contribution in [-0.2, 0) is 16.1 Å². The first-order valence-corrected chi connectivity index (χ1v) is 10.8. The predicted octanol–water partition coefficient (Wildman–Crippen LogP) is 4.95. The summed E-state index contributed by atoms with van der Waals surface area (Å²) in [6.45, 7) is 6.58. The van der Waals surface area contributed by atoms with E-state index in [4.69, 9.17) is 27.9 Å². The van der Waals surface area contributed by atoms with E-state index in [1.165, 1.54) is 0 Å². The molecule has 1 atom stereocenters. The molecule has 0 aliphatic carbocycles. The highest BCUT2D eigenvalue weighted by Gasteiger charge is 2.29. The summed E-state index contributed by atoms with van der Waals surface area (Å²) in [4.78, 5) is 27.4. The van der Waals surface area contributed by atoms with Gasteiger partial charge in [-0.3, -0.25) is 9.59 Å². The van der Waals surface area contributed by atoms with Crippen LogP contribution < -0.4 is 10.1 Å². The number of rotatable bonds is 10. The molecule has 1 N–H and O–H groups in total. The predicted molar refractivity (Wildman–Crippen MR) is 121 cm³/mol. The molecule has 0 aliphatic heterocycles. The van der Waals surface area contributed by atoms with Gasteiger partial charge < -0.3 is 15.0 Å². The van der Waals surface area contributed by atoms with Crippen molar-refractivity contribution in [3.8, 4) is 5.75 Å². The van der Waals surface area contributed by atoms with Gasteiger partial charge in [0.25, 0.3) is 5.91 Å². The molecule has 2 aromatic carbocycles. The number of benzene rings is 2. The molecule has 0 unspecified atom stereocenters. The monoisotopic (exact) mass is 450 g/mol. The number of nitrogens with zero attached hydrogens (tertiary/aromatic N) is 1. The molecule has 5 nitrogen and oxygen atoms in total. The Balaban J connectivity index is 2.18. The number of amides is 2. The molecular weight excluding hydrogens is 423 g/mol. The molecule has 0 fully saturated rings. The van der Waals surface area contributed by atoms with Crippen molar-refractivity contribution in [1.82, 2.24) is 10.2 Å². The highest BCUT2D eigenvalue weighted by atomic mass is 35.5. The topological polar surface area (TPSA) is 58.6 Å². The zero-order chi connectivity index (χ0) is 22.1. The van der Waals surface area contributed by atoms with Gasteiger partial charge in [0, 0.05) is 23.1 Å². The van der Waals surface area contributed by atoms with E-state index in [0.29, 0.717) is 34.7 Å². The maximum Gasteiger partial charge on any atom is 0.261 e. The Kier molecular flexibility index (Phi) is 9.47. The van der Waals surface area contributed by atoms with Gasteiger partial charge >= 0.3 is 0 Å². The van der Waals surface area contributed by atoms with E-state index in [0.717, 1.165) is 5.56 Å². The Morgan fingerprint density at radius 1 is 1.07 bits per heavy atom. The van der Waals surface area contributed by atoms with Crippen LogP contribution in [0.3, 0.4) is 0 Å². The maximum atomic E-state index is 13.1. The fourth-order valence-corrected chi connectivity index (χ4v) is 3.22. The van der Waals surface area contributed by atoms with Crippen LogP contribution in [0.5, 0.6) is 5.75 Å². The Morgan fingerprint density at radius 2 is 1.77 bits per heavy atom. The number of hydrogen-bond acceptors (Lipinski definition) is 3. The summed E-state index contributed by atoms with van der Waals surface area (Å²) in [5, 5.41) is 4.07. The third-order valence-corrected chi connectivity index (χ3v) is 4.98. The number of ether oxygens (including phenoxy) is 1. The van der Waals surface area contributed by atoms with Crippen molar-refractivity contribution >= 4 is 35.0 Å². The molecule has 0 aliphatic rings. The standard InChI is InChI=1S/C23H28Cl2N2O3/c1-4-21(23(29)26-13-16(2)3)27(14-17-8-10-18(24)11-9-17)22(28)15-30-20-7-5-6-19(25)12-20/h5-12,16,21H,4,13-15H2,1-3H3,(H,26,29)/t21-/m1/s1. The van der Waals surface area contributed by atoms with Gasteiger partial charge in [0.2, 0.25) is 5.91 Å². The van der Waals surface area contributed by atoms with E-state index < -0.39 is 6.04 Å². The second kappa shape index (κ2) is 11.8. The maximum absolute atomic E-state index is 13.1. The highest BCUT2D eigenvalue weighted by Crippen LogP contribution is 2.19. The van der Waals surface area contributed by atoms with E-state index in [2.05, 4.69) is 5.32 Å². The summed E-state index contributed by atoms with van der Waals surface area (Å²) < 4.78 is 5.63. The minimum atomic E-state index is -0.602. The van der Waals surface area contributed by atoms with Crippen LogP contribution in [0.25, 0.3) is 0 Å². The quantitative estimate of drug-likeness (QED) is 0.556. The molecule has 0 bridgehead atoms. The zero-order valence-electron chi connectivity index (χ0n) is 17.5. The number of hydrogen-bond donors (Lipinski definition) is 1. The average Bonchev–Trinajstić information content (AvgIpc) is 2.71. The first-order chi connectivity index (χ1) is 14.3. The minimum Gasteiger partial charge on any atom is -0.484 e. The average molecular weight is 451 g/mol. The number of carbonyl (C=O) groups is 2. The summed E-state index contributed by atoms with van der Waals surface area (Å²) in [6.07, 6.45) is 0.487. The summed E-state index contributed by atoms with van der Waals surface area (Å²) in [6, 6.07) is 13.5. The van der Waals surface area contributed by atoms with Crippen LogP contribution in [0.1, 0.15) is 32.8 Å². The van der Waals surface area contributed by atoms with Gasteiger partial charge in [-0.15, -0.1) is 0 Å². The van der Waals surface area contributed by atoms with Crippen LogP contribution in [0.15, 0.2) is 48.5 Å². The molecule has 2 rings (SSSR count). The third-order valence-electron chi connectivity index (χ3n) is 4.50. The molecule has 0 aromatic heterocycles. The van der Waals surface area contributed by atoms with Gasteiger partial charge in [0.1, 0.15) is 11.8 Å². The molecular formula is C23H28Cl2N2O3. The number of nitrogens with one attached hydrogen (secondary N) is 1. The third kappa shape index (κ3) is 7.54. The summed E-state index contributed by atoms with van der Waals surface area (Å²) in [5.74, 6) is 0.366. The number of halogens is 2. The molecule has 162 valence electrons. The molecule has 0 spiro atoms. The van der Waals surface area contributed by atoms with Gasteiger partial charge in [0.15, 0.2) is 6.61 Å². The lowest BCUT2D eigenvalue weighted by molar-refractivity contribution is -0.143. The smallest absolute Gasteiger partial charge is 0.261 e. The zero-order valence-corrected chi connectivity index (χ0v) is 19.0. The van der Waals surface area contributed by atoms with Gasteiger partial charge in [-0.2, -0.15) is 0 Å². The van der Waals surface area contributed by atoms with E-state index in [1.54, 1.807) is 41.3 Å². The molecule has 2 aromatic rings. The highest BCUT2D eigenvalue weighted by molar-refractivity contribution is 6.30. The van der Waals surface area contributed by atoms with E-state index in [9.17, 15) is 9.59 Å². The minimum absolute atomic E-state index is 0.170. The Hall–Kier alpha value is -2.24. The second-order valence-electron chi connectivity index (χ2n) is 7.46. The van der Waals surface area contributed by atoms with E-state index >= 15 is 0 Å². The van der Waals surface area contributed by atoms with Crippen molar-refractivity contribution in [2.75, 3.05) is 13.2 Å². The molecule has 0 saturated heterocycles. The molecule has 7 heteroatoms. The van der Waals surface area contributed by atoms with Gasteiger partial charge in [-0.25, -0.2) is 0 Å². The van der Waals surface area contributed by atoms with Crippen LogP contribution in [-0.4, -0.2) is 35.9 Å². The van der Waals surface area contributed by atoms with E-state index in [1.807, 2.05) is 32.9 Å². The SMILES string of the molecule is CC[C@H](C(=O)NCC(C)C)N(Cc1ccc(Cl)cc1)C(=O)COc1cccc(Cl)c1. The lowest BCUT2D eigenvalue weighted by Crippen LogP contribution is -2.50. The van der Waals surface area contributed by atoms with Crippen molar-refractivity contribution in [3.63, 3.8) is 0 Å². The Bertz CT molecular complexity index is 841. The van der Waals surface area contributed by atoms with Gasteiger partial charge in [-0.05, 0) is 48.2 Å². The van der Waals surface area contributed by atoms with Crippen LogP contribution >= 0.6 is 23.2 Å². The van der Waals surface area contributed by atoms with Gasteiger partial charge in [0.05, 0.1) is 0 Å². The summed E-state index contributed by atoms with van der Waals surface area (Å²) in [7, 11) is 0. The first-order valence-electron chi connectivity index (χ1n) is 10.00. The van der Waals surface area contributed by atoms with Crippen LogP contribution in [0.2, 0.25) is 10.0 Å². The first kappa shape index (κ1) is 24.0. The largest absolute Gasteiger partial charge is 0.484 e. The normalized spacial score (nSPS) is 11.8. The van der Waals surface area contributed by atoms with Gasteiger partial charge in [-0.1, -0.05) is 62.2 Å². The number of carbonyl (C=O) groups excluding carboxylic acids is 2. The summed E-state index contributed by atoms with van der Waals surface area (Å²) >= 11 is 12.0. The Morgan fingerprint density at radius 3 is 2.37 bits per heavy atom. The van der Waals surface area contributed by atoms with Crippen molar-refractivity contribution in [3.05, 3.63) is 64.1 Å². The molecule has 2 amide bonds. The molecule has 0 radical (unpaired) electrons. The molecule has 30 heavy (non-hydrogen) atoms. The van der Waals surface area contributed by atoms with Crippen molar-refractivity contribution in [1.29, 1.82) is 0 Å². The fourth-order valence-electron chi connectivity index (χ4n) is 2.91. The van der Waals surface area contributed by atoms with Crippen molar-refractivity contribution in [2.24, 2.45) is 5.92 Å². The van der Waals surface area contributed by atoms with Crippen molar-refractivity contribution in [2.45, 2.75) is 39.8 Å². The second-order valence-corrected chi connectivity index (χ2v) is 8.33. The molecule has 0 heterocycles. The molecule has 0 saturated carbocycles. The lowest BCUT2D eigenvalue weighted by Gasteiger charge is -2.30. The fraction of sp³-hybridized carbons (Fsp3) is 0.391. The lowest BCUT2D eigenvalue weighted by atomic mass is 10.1. The van der Waals surface area contributed by atoms with Crippen molar-refractivity contribution < 1.29 is 14.3 Å². The van der Waals surface area contributed by atoms with Crippen LogP contribution in [0.4, 0.5) is 0 Å². The summed E-state index contributed by atoms with van der Waals surface area (Å²) in [5.41, 5.74) is 0.880. The van der Waals surface area contributed by atoms with Crippen LogP contribution in [0, 0.1) is 5.92 Å².